The van der Waals surface area contributed by atoms with Crippen molar-refractivity contribution in [3.05, 3.63) is 30.3 Å². The first-order valence-corrected chi connectivity index (χ1v) is 6.84. The minimum Gasteiger partial charge on any atom is -0.481 e. The molecule has 0 aromatic heterocycles. The second-order valence-electron chi connectivity index (χ2n) is 5.19. The fourth-order valence-corrected chi connectivity index (χ4v) is 2.46. The lowest BCUT2D eigenvalue weighted by Gasteiger charge is -2.21. The molecule has 0 aliphatic carbocycles. The zero-order valence-electron chi connectivity index (χ0n) is 11.7. The third-order valence-electron chi connectivity index (χ3n) is 3.68. The maximum Gasteiger partial charge on any atom is 0.308 e. The quantitative estimate of drug-likeness (QED) is 0.854. The van der Waals surface area contributed by atoms with Gasteiger partial charge in [-0.2, -0.15) is 0 Å². The number of para-hydroxylation sites is 1. The van der Waals surface area contributed by atoms with E-state index in [4.69, 9.17) is 5.11 Å². The molecule has 1 aromatic rings. The number of rotatable bonds is 6. The Morgan fingerprint density at radius 1 is 1.40 bits per heavy atom. The Bertz CT molecular complexity index is 475. The number of benzene rings is 1. The van der Waals surface area contributed by atoms with E-state index in [1.54, 1.807) is 4.90 Å². The lowest BCUT2D eigenvalue weighted by molar-refractivity contribution is -0.141. The van der Waals surface area contributed by atoms with Crippen LogP contribution in [0, 0.1) is 5.92 Å². The van der Waals surface area contributed by atoms with E-state index in [0.29, 0.717) is 13.1 Å². The van der Waals surface area contributed by atoms with Gasteiger partial charge in [-0.3, -0.25) is 9.59 Å². The molecule has 1 aromatic carbocycles. The number of likely N-dealkylation sites (tertiary alicyclic amines) is 1. The molecule has 0 radical (unpaired) electrons. The standard InChI is InChI=1S/C15H20N2O3/c1-16(13-6-3-2-4-7-13)8-5-9-17-11-12(15(19)20)10-14(17)18/h2-4,6-7,12H,5,8-11H2,1H3,(H,19,20)/t12-/m0/s1. The molecule has 1 heterocycles. The number of anilines is 1. The Hall–Kier alpha value is -2.04. The molecule has 108 valence electrons. The van der Waals surface area contributed by atoms with Crippen LogP contribution in [0.3, 0.4) is 0 Å². The molecule has 1 fully saturated rings. The molecule has 1 atom stereocenters. The largest absolute Gasteiger partial charge is 0.481 e. The molecule has 5 heteroatoms. The van der Waals surface area contributed by atoms with Crippen LogP contribution in [0.2, 0.25) is 0 Å². The summed E-state index contributed by atoms with van der Waals surface area (Å²) >= 11 is 0. The second-order valence-corrected chi connectivity index (χ2v) is 5.19. The SMILES string of the molecule is CN(CCCN1C[C@@H](C(=O)O)CC1=O)c1ccccc1. The van der Waals surface area contributed by atoms with Crippen molar-refractivity contribution < 1.29 is 14.7 Å². The molecule has 0 saturated carbocycles. The molecule has 1 aliphatic rings. The highest BCUT2D eigenvalue weighted by Crippen LogP contribution is 2.18. The average Bonchev–Trinajstić information content (AvgIpc) is 2.81. The second kappa shape index (κ2) is 6.41. The van der Waals surface area contributed by atoms with E-state index in [1.807, 2.05) is 37.4 Å². The average molecular weight is 276 g/mol. The van der Waals surface area contributed by atoms with Crippen LogP contribution >= 0.6 is 0 Å². The van der Waals surface area contributed by atoms with Gasteiger partial charge in [-0.15, -0.1) is 0 Å². The van der Waals surface area contributed by atoms with E-state index in [0.717, 1.165) is 18.7 Å². The lowest BCUT2D eigenvalue weighted by atomic mass is 10.1. The summed E-state index contributed by atoms with van der Waals surface area (Å²) in [7, 11) is 2.02. The lowest BCUT2D eigenvalue weighted by Crippen LogP contribution is -2.30. The Morgan fingerprint density at radius 2 is 2.10 bits per heavy atom. The summed E-state index contributed by atoms with van der Waals surface area (Å²) in [6.07, 6.45) is 0.979. The number of nitrogens with zero attached hydrogens (tertiary/aromatic N) is 2. The highest BCUT2D eigenvalue weighted by atomic mass is 16.4. The van der Waals surface area contributed by atoms with Crippen LogP contribution in [0.4, 0.5) is 5.69 Å². The summed E-state index contributed by atoms with van der Waals surface area (Å²) in [5.74, 6) is -1.45. The summed E-state index contributed by atoms with van der Waals surface area (Å²) in [5.41, 5.74) is 1.14. The van der Waals surface area contributed by atoms with Crippen LogP contribution in [0.15, 0.2) is 30.3 Å². The van der Waals surface area contributed by atoms with Gasteiger partial charge in [-0.05, 0) is 18.6 Å². The molecule has 5 nitrogen and oxygen atoms in total. The number of aliphatic carboxylic acids is 1. The number of carboxylic acids is 1. The first-order valence-electron chi connectivity index (χ1n) is 6.84. The van der Waals surface area contributed by atoms with Crippen LogP contribution in [-0.2, 0) is 9.59 Å². The van der Waals surface area contributed by atoms with Crippen LogP contribution in [0.25, 0.3) is 0 Å². The van der Waals surface area contributed by atoms with Gasteiger partial charge in [0.1, 0.15) is 0 Å². The van der Waals surface area contributed by atoms with Crippen molar-refractivity contribution in [1.29, 1.82) is 0 Å². The van der Waals surface area contributed by atoms with Crippen molar-refractivity contribution in [3.8, 4) is 0 Å². The molecule has 1 aliphatic heterocycles. The fraction of sp³-hybridized carbons (Fsp3) is 0.467. The van der Waals surface area contributed by atoms with Crippen molar-refractivity contribution in [1.82, 2.24) is 4.90 Å². The normalized spacial score (nSPS) is 18.4. The molecule has 20 heavy (non-hydrogen) atoms. The van der Waals surface area contributed by atoms with E-state index >= 15 is 0 Å². The Morgan fingerprint density at radius 3 is 2.70 bits per heavy atom. The number of carboxylic acid groups (broad SMARTS) is 1. The Kier molecular flexibility index (Phi) is 4.61. The van der Waals surface area contributed by atoms with Gasteiger partial charge >= 0.3 is 5.97 Å². The van der Waals surface area contributed by atoms with Crippen LogP contribution in [0.1, 0.15) is 12.8 Å². The van der Waals surface area contributed by atoms with Gasteiger partial charge in [0.05, 0.1) is 5.92 Å². The van der Waals surface area contributed by atoms with Crippen molar-refractivity contribution in [2.75, 3.05) is 31.6 Å². The van der Waals surface area contributed by atoms with Gasteiger partial charge < -0.3 is 14.9 Å². The molecular formula is C15H20N2O3. The topological polar surface area (TPSA) is 60.9 Å². The number of amides is 1. The van der Waals surface area contributed by atoms with Crippen LogP contribution < -0.4 is 4.90 Å². The molecule has 0 bridgehead atoms. The molecular weight excluding hydrogens is 256 g/mol. The number of carbonyl (C=O) groups is 2. The summed E-state index contributed by atoms with van der Waals surface area (Å²) in [6, 6.07) is 10.1. The molecule has 0 unspecified atom stereocenters. The first kappa shape index (κ1) is 14.4. The van der Waals surface area contributed by atoms with Gasteiger partial charge in [0.15, 0.2) is 0 Å². The fourth-order valence-electron chi connectivity index (χ4n) is 2.46. The minimum atomic E-state index is -0.873. The predicted molar refractivity (Wildman–Crippen MR) is 76.7 cm³/mol. The van der Waals surface area contributed by atoms with E-state index in [9.17, 15) is 9.59 Å². The molecule has 2 rings (SSSR count). The summed E-state index contributed by atoms with van der Waals surface area (Å²) in [4.78, 5) is 26.4. The van der Waals surface area contributed by atoms with Crippen molar-refractivity contribution in [2.24, 2.45) is 5.92 Å². The van der Waals surface area contributed by atoms with Gasteiger partial charge in [0, 0.05) is 38.8 Å². The highest BCUT2D eigenvalue weighted by molar-refractivity contribution is 5.86. The highest BCUT2D eigenvalue weighted by Gasteiger charge is 2.33. The van der Waals surface area contributed by atoms with Gasteiger partial charge in [0.25, 0.3) is 0 Å². The van der Waals surface area contributed by atoms with Gasteiger partial charge in [-0.25, -0.2) is 0 Å². The zero-order valence-corrected chi connectivity index (χ0v) is 11.7. The Labute approximate surface area is 118 Å². The molecule has 1 amide bonds. The van der Waals surface area contributed by atoms with E-state index in [2.05, 4.69) is 4.90 Å². The van der Waals surface area contributed by atoms with Crippen LogP contribution in [-0.4, -0.2) is 48.6 Å². The summed E-state index contributed by atoms with van der Waals surface area (Å²) < 4.78 is 0. The zero-order chi connectivity index (χ0) is 14.5. The predicted octanol–water partition coefficient (Wildman–Crippen LogP) is 1.45. The first-order chi connectivity index (χ1) is 9.58. The van der Waals surface area contributed by atoms with Crippen molar-refractivity contribution >= 4 is 17.6 Å². The van der Waals surface area contributed by atoms with Gasteiger partial charge in [0.2, 0.25) is 5.91 Å². The van der Waals surface area contributed by atoms with Crippen LogP contribution in [0.5, 0.6) is 0 Å². The summed E-state index contributed by atoms with van der Waals surface area (Å²) in [5, 5.41) is 8.92. The van der Waals surface area contributed by atoms with Crippen molar-refractivity contribution in [3.63, 3.8) is 0 Å². The van der Waals surface area contributed by atoms with E-state index in [1.165, 1.54) is 0 Å². The van der Waals surface area contributed by atoms with E-state index < -0.39 is 11.9 Å². The molecule has 0 spiro atoms. The molecule has 1 N–H and O–H groups in total. The Balaban J connectivity index is 1.76. The smallest absolute Gasteiger partial charge is 0.308 e. The minimum absolute atomic E-state index is 0.0419. The number of carbonyl (C=O) groups excluding carboxylic acids is 1. The maximum absolute atomic E-state index is 11.7. The maximum atomic E-state index is 11.7. The van der Waals surface area contributed by atoms with E-state index in [-0.39, 0.29) is 12.3 Å². The third kappa shape index (κ3) is 3.50. The number of hydrogen-bond acceptors (Lipinski definition) is 3. The third-order valence-corrected chi connectivity index (χ3v) is 3.68. The van der Waals surface area contributed by atoms with Crippen molar-refractivity contribution in [2.45, 2.75) is 12.8 Å². The number of hydrogen-bond donors (Lipinski definition) is 1. The monoisotopic (exact) mass is 276 g/mol. The van der Waals surface area contributed by atoms with Gasteiger partial charge in [-0.1, -0.05) is 18.2 Å². The summed E-state index contributed by atoms with van der Waals surface area (Å²) in [6.45, 7) is 1.81. The molecule has 1 saturated heterocycles.